The van der Waals surface area contributed by atoms with Crippen LogP contribution >= 0.6 is 11.6 Å². The Morgan fingerprint density at radius 2 is 2.18 bits per heavy atom. The van der Waals surface area contributed by atoms with Gasteiger partial charge in [-0.3, -0.25) is 0 Å². The molecular weight excluding hydrogens is 166 g/mol. The number of methoxy groups -OCH3 is 1. The van der Waals surface area contributed by atoms with Crippen LogP contribution in [0, 0.1) is 0 Å². The van der Waals surface area contributed by atoms with Gasteiger partial charge in [0, 0.05) is 0 Å². The highest BCUT2D eigenvalue weighted by Gasteiger charge is 2.07. The first kappa shape index (κ1) is 8.01. The molecule has 0 radical (unpaired) electrons. The smallest absolute Gasteiger partial charge is 0.161 e. The van der Waals surface area contributed by atoms with E-state index in [1.807, 2.05) is 0 Å². The number of rotatable bonds is 1. The van der Waals surface area contributed by atoms with Crippen molar-refractivity contribution in [2.75, 3.05) is 12.8 Å². The van der Waals surface area contributed by atoms with E-state index in [-0.39, 0.29) is 16.5 Å². The average molecular weight is 174 g/mol. The van der Waals surface area contributed by atoms with Crippen LogP contribution in [0.3, 0.4) is 0 Å². The van der Waals surface area contributed by atoms with E-state index in [1.165, 1.54) is 13.2 Å². The van der Waals surface area contributed by atoms with E-state index in [1.54, 1.807) is 6.07 Å². The Hall–Kier alpha value is -1.09. The Labute approximate surface area is 69.3 Å². The minimum atomic E-state index is -0.133. The predicted octanol–water partition coefficient (Wildman–Crippen LogP) is 1.64. The molecule has 0 aliphatic carbocycles. The van der Waals surface area contributed by atoms with Crippen LogP contribution in [0.1, 0.15) is 0 Å². The summed E-state index contributed by atoms with van der Waals surface area (Å²) >= 11 is 5.64. The van der Waals surface area contributed by atoms with Crippen LogP contribution < -0.4 is 10.5 Å². The number of hydrogen-bond donors (Lipinski definition) is 2. The Morgan fingerprint density at radius 1 is 1.55 bits per heavy atom. The summed E-state index contributed by atoms with van der Waals surface area (Å²) in [6.45, 7) is 0. The van der Waals surface area contributed by atoms with Crippen molar-refractivity contribution >= 4 is 17.3 Å². The fourth-order valence-electron chi connectivity index (χ4n) is 0.719. The number of aromatic hydroxyl groups is 1. The molecule has 0 saturated heterocycles. The van der Waals surface area contributed by atoms with Gasteiger partial charge in [-0.1, -0.05) is 11.6 Å². The fraction of sp³-hybridized carbons (Fsp3) is 0.143. The number of anilines is 1. The zero-order valence-electron chi connectivity index (χ0n) is 5.97. The van der Waals surface area contributed by atoms with Crippen LogP contribution in [0.5, 0.6) is 11.5 Å². The van der Waals surface area contributed by atoms with Crippen molar-refractivity contribution in [1.82, 2.24) is 0 Å². The van der Waals surface area contributed by atoms with Gasteiger partial charge in [0.15, 0.2) is 5.75 Å². The number of phenolic OH excluding ortho intramolecular Hbond substituents is 1. The molecule has 0 amide bonds. The third-order valence-electron chi connectivity index (χ3n) is 1.33. The molecule has 0 fully saturated rings. The third-order valence-corrected chi connectivity index (χ3v) is 1.70. The van der Waals surface area contributed by atoms with Crippen molar-refractivity contribution in [2.24, 2.45) is 0 Å². The van der Waals surface area contributed by atoms with Crippen LogP contribution in [0.4, 0.5) is 5.69 Å². The van der Waals surface area contributed by atoms with E-state index in [9.17, 15) is 5.11 Å². The van der Waals surface area contributed by atoms with Crippen molar-refractivity contribution in [1.29, 1.82) is 0 Å². The Bertz CT molecular complexity index is 275. The molecule has 0 aliphatic rings. The van der Waals surface area contributed by atoms with Gasteiger partial charge in [-0.2, -0.15) is 0 Å². The van der Waals surface area contributed by atoms with Gasteiger partial charge in [0.05, 0.1) is 12.8 Å². The Kier molecular flexibility index (Phi) is 2.10. The second-order valence-corrected chi connectivity index (χ2v) is 2.40. The van der Waals surface area contributed by atoms with Gasteiger partial charge in [-0.15, -0.1) is 0 Å². The Balaban J connectivity index is 3.25. The molecule has 1 aromatic carbocycles. The molecule has 0 spiro atoms. The topological polar surface area (TPSA) is 55.5 Å². The van der Waals surface area contributed by atoms with E-state index in [4.69, 9.17) is 22.1 Å². The molecule has 11 heavy (non-hydrogen) atoms. The maximum atomic E-state index is 9.18. The minimum Gasteiger partial charge on any atom is -0.504 e. The number of phenols is 1. The first-order valence-electron chi connectivity index (χ1n) is 2.97. The summed E-state index contributed by atoms with van der Waals surface area (Å²) in [6.07, 6.45) is 0. The van der Waals surface area contributed by atoms with Gasteiger partial charge in [-0.05, 0) is 12.1 Å². The summed E-state index contributed by atoms with van der Waals surface area (Å²) in [5.41, 5.74) is 5.60. The van der Waals surface area contributed by atoms with Crippen LogP contribution in [0.15, 0.2) is 12.1 Å². The van der Waals surface area contributed by atoms with Gasteiger partial charge in [0.2, 0.25) is 0 Å². The summed E-state index contributed by atoms with van der Waals surface area (Å²) < 4.78 is 4.83. The van der Waals surface area contributed by atoms with E-state index in [2.05, 4.69) is 0 Å². The maximum absolute atomic E-state index is 9.18. The highest BCUT2D eigenvalue weighted by Crippen LogP contribution is 2.36. The molecule has 0 bridgehead atoms. The molecule has 3 nitrogen and oxygen atoms in total. The molecule has 0 saturated carbocycles. The van der Waals surface area contributed by atoms with Crippen LogP contribution in [0.25, 0.3) is 0 Å². The van der Waals surface area contributed by atoms with Gasteiger partial charge in [0.25, 0.3) is 0 Å². The molecule has 1 rings (SSSR count). The number of hydrogen-bond acceptors (Lipinski definition) is 3. The predicted molar refractivity (Wildman–Crippen MR) is 44.1 cm³/mol. The molecule has 1 aromatic rings. The Morgan fingerprint density at radius 3 is 2.73 bits per heavy atom. The lowest BCUT2D eigenvalue weighted by atomic mass is 10.3. The number of halogens is 1. The summed E-state index contributed by atoms with van der Waals surface area (Å²) in [4.78, 5) is 0. The van der Waals surface area contributed by atoms with Crippen molar-refractivity contribution < 1.29 is 9.84 Å². The third kappa shape index (κ3) is 1.33. The maximum Gasteiger partial charge on any atom is 0.161 e. The first-order valence-corrected chi connectivity index (χ1v) is 3.35. The molecule has 60 valence electrons. The van der Waals surface area contributed by atoms with Crippen molar-refractivity contribution in [3.63, 3.8) is 0 Å². The SMILES string of the molecule is COc1ccc(N)c(O)c1Cl. The average Bonchev–Trinajstić information content (AvgIpc) is 2.01. The molecular formula is C7H8ClNO2. The monoisotopic (exact) mass is 173 g/mol. The lowest BCUT2D eigenvalue weighted by molar-refractivity contribution is 0.408. The highest BCUT2D eigenvalue weighted by atomic mass is 35.5. The van der Waals surface area contributed by atoms with Gasteiger partial charge < -0.3 is 15.6 Å². The molecule has 0 aromatic heterocycles. The van der Waals surface area contributed by atoms with Gasteiger partial charge in [-0.25, -0.2) is 0 Å². The molecule has 4 heteroatoms. The zero-order valence-corrected chi connectivity index (χ0v) is 6.72. The van der Waals surface area contributed by atoms with E-state index < -0.39 is 0 Å². The van der Waals surface area contributed by atoms with Crippen molar-refractivity contribution in [2.45, 2.75) is 0 Å². The largest absolute Gasteiger partial charge is 0.504 e. The quantitative estimate of drug-likeness (QED) is 0.502. The number of nitrogens with two attached hydrogens (primary N) is 1. The van der Waals surface area contributed by atoms with Gasteiger partial charge >= 0.3 is 0 Å². The minimum absolute atomic E-state index is 0.133. The number of ether oxygens (including phenoxy) is 1. The van der Waals surface area contributed by atoms with E-state index >= 15 is 0 Å². The van der Waals surface area contributed by atoms with Crippen molar-refractivity contribution in [3.8, 4) is 11.5 Å². The number of nitrogen functional groups attached to an aromatic ring is 1. The van der Waals surface area contributed by atoms with Crippen LogP contribution in [0.2, 0.25) is 5.02 Å². The highest BCUT2D eigenvalue weighted by molar-refractivity contribution is 6.33. The molecule has 0 atom stereocenters. The summed E-state index contributed by atoms with van der Waals surface area (Å²) in [5.74, 6) is 0.282. The van der Waals surface area contributed by atoms with E-state index in [0.717, 1.165) is 0 Å². The van der Waals surface area contributed by atoms with Crippen LogP contribution in [-0.2, 0) is 0 Å². The second kappa shape index (κ2) is 2.88. The lowest BCUT2D eigenvalue weighted by Gasteiger charge is -2.05. The summed E-state index contributed by atoms with van der Waals surface area (Å²) in [6, 6.07) is 3.12. The van der Waals surface area contributed by atoms with Crippen molar-refractivity contribution in [3.05, 3.63) is 17.2 Å². The zero-order chi connectivity index (χ0) is 8.43. The summed E-state index contributed by atoms with van der Waals surface area (Å²) in [7, 11) is 1.47. The lowest BCUT2D eigenvalue weighted by Crippen LogP contribution is -1.89. The fourth-order valence-corrected chi connectivity index (χ4v) is 0.968. The molecule has 3 N–H and O–H groups in total. The molecule has 0 heterocycles. The molecule has 0 unspecified atom stereocenters. The number of benzene rings is 1. The van der Waals surface area contributed by atoms with E-state index in [0.29, 0.717) is 5.75 Å². The molecule has 0 aliphatic heterocycles. The first-order chi connectivity index (χ1) is 5.16. The second-order valence-electron chi connectivity index (χ2n) is 2.02. The standard InChI is InChI=1S/C7H8ClNO2/c1-11-5-3-2-4(9)7(10)6(5)8/h2-3,10H,9H2,1H3. The summed E-state index contributed by atoms with van der Waals surface area (Å²) in [5, 5.41) is 9.33. The van der Waals surface area contributed by atoms with Crippen LogP contribution in [-0.4, -0.2) is 12.2 Å². The normalized spacial score (nSPS) is 9.64. The van der Waals surface area contributed by atoms with Gasteiger partial charge in [0.1, 0.15) is 10.8 Å².